The Morgan fingerprint density at radius 2 is 1.95 bits per heavy atom. The molecule has 0 spiro atoms. The highest BCUT2D eigenvalue weighted by atomic mass is 16.5. The normalized spacial score (nSPS) is 10.3. The molecular weight excluding hydrogens is 266 g/mol. The first-order chi connectivity index (χ1) is 10.2. The number of anilines is 2. The van der Waals surface area contributed by atoms with Crippen molar-refractivity contribution in [2.24, 2.45) is 5.84 Å². The molecule has 0 fully saturated rings. The number of nitrogens with zero attached hydrogens (tertiary/aromatic N) is 3. The number of methoxy groups -OCH3 is 1. The predicted molar refractivity (Wildman–Crippen MR) is 84.3 cm³/mol. The highest BCUT2D eigenvalue weighted by Gasteiger charge is 2.08. The number of hydrazine groups is 1. The van der Waals surface area contributed by atoms with E-state index in [4.69, 9.17) is 10.6 Å². The van der Waals surface area contributed by atoms with Gasteiger partial charge in [0, 0.05) is 26.1 Å². The molecule has 3 N–H and O–H groups in total. The quantitative estimate of drug-likeness (QED) is 0.625. The number of ether oxygens (including phenoxy) is 1. The van der Waals surface area contributed by atoms with Gasteiger partial charge in [-0.05, 0) is 17.7 Å². The number of aryl methyl sites for hydroxylation is 1. The average Bonchev–Trinajstić information content (AvgIpc) is 2.54. The lowest BCUT2D eigenvalue weighted by molar-refractivity contribution is 0.414. The largest absolute Gasteiger partial charge is 0.497 e. The molecule has 112 valence electrons. The van der Waals surface area contributed by atoms with E-state index < -0.39 is 0 Å². The number of aromatic nitrogens is 2. The molecule has 0 aliphatic carbocycles. The molecule has 0 atom stereocenters. The van der Waals surface area contributed by atoms with Crippen molar-refractivity contribution in [3.05, 3.63) is 41.7 Å². The molecule has 1 aromatic heterocycles. The van der Waals surface area contributed by atoms with Gasteiger partial charge in [0.15, 0.2) is 0 Å². The minimum Gasteiger partial charge on any atom is -0.497 e. The summed E-state index contributed by atoms with van der Waals surface area (Å²) in [6.07, 6.45) is 0.763. The Kier molecular flexibility index (Phi) is 4.94. The second-order valence-electron chi connectivity index (χ2n) is 4.73. The van der Waals surface area contributed by atoms with E-state index in [0.717, 1.165) is 30.4 Å². The molecule has 0 unspecified atom stereocenters. The van der Waals surface area contributed by atoms with Crippen molar-refractivity contribution in [3.8, 4) is 5.75 Å². The molecule has 6 nitrogen and oxygen atoms in total. The molecule has 0 amide bonds. The molecule has 0 radical (unpaired) electrons. The van der Waals surface area contributed by atoms with E-state index in [-0.39, 0.29) is 0 Å². The van der Waals surface area contributed by atoms with Crippen LogP contribution < -0.4 is 20.9 Å². The highest BCUT2D eigenvalue weighted by molar-refractivity contribution is 5.49. The topological polar surface area (TPSA) is 76.3 Å². The third-order valence-electron chi connectivity index (χ3n) is 3.19. The van der Waals surface area contributed by atoms with E-state index in [9.17, 15) is 0 Å². The summed E-state index contributed by atoms with van der Waals surface area (Å²) in [6, 6.07) is 9.82. The zero-order chi connectivity index (χ0) is 15.2. The van der Waals surface area contributed by atoms with Crippen molar-refractivity contribution < 1.29 is 4.74 Å². The van der Waals surface area contributed by atoms with Crippen molar-refractivity contribution in [3.63, 3.8) is 0 Å². The van der Waals surface area contributed by atoms with Gasteiger partial charge in [-0.15, -0.1) is 0 Å². The van der Waals surface area contributed by atoms with Crippen molar-refractivity contribution in [2.75, 3.05) is 24.5 Å². The summed E-state index contributed by atoms with van der Waals surface area (Å²) in [5, 5.41) is 0. The Morgan fingerprint density at radius 3 is 2.52 bits per heavy atom. The lowest BCUT2D eigenvalue weighted by Gasteiger charge is -2.19. The van der Waals surface area contributed by atoms with Crippen LogP contribution in [0.25, 0.3) is 0 Å². The van der Waals surface area contributed by atoms with Crippen molar-refractivity contribution in [1.29, 1.82) is 0 Å². The van der Waals surface area contributed by atoms with E-state index in [2.05, 4.69) is 20.3 Å². The van der Waals surface area contributed by atoms with Crippen LogP contribution in [-0.4, -0.2) is 24.1 Å². The molecule has 0 aliphatic rings. The molecule has 1 aromatic carbocycles. The Morgan fingerprint density at radius 1 is 1.24 bits per heavy atom. The van der Waals surface area contributed by atoms with Crippen LogP contribution in [0, 0.1) is 0 Å². The van der Waals surface area contributed by atoms with Crippen LogP contribution in [0.3, 0.4) is 0 Å². The summed E-state index contributed by atoms with van der Waals surface area (Å²) in [5.74, 6) is 8.54. The molecule has 1 heterocycles. The Labute approximate surface area is 124 Å². The SMILES string of the molecule is CCc1nc(NN)cc(N(C)Cc2ccc(OC)cc2)n1. The van der Waals surface area contributed by atoms with Gasteiger partial charge in [0.2, 0.25) is 0 Å². The molecule has 0 aliphatic heterocycles. The second kappa shape index (κ2) is 6.90. The number of nitrogen functional groups attached to an aromatic ring is 1. The van der Waals surface area contributed by atoms with Gasteiger partial charge in [-0.25, -0.2) is 15.8 Å². The number of hydrogen-bond acceptors (Lipinski definition) is 6. The van der Waals surface area contributed by atoms with Crippen molar-refractivity contribution in [1.82, 2.24) is 9.97 Å². The summed E-state index contributed by atoms with van der Waals surface area (Å²) in [4.78, 5) is 10.9. The van der Waals surface area contributed by atoms with Crippen molar-refractivity contribution >= 4 is 11.6 Å². The molecule has 0 bridgehead atoms. The summed E-state index contributed by atoms with van der Waals surface area (Å²) in [6.45, 7) is 2.76. The summed E-state index contributed by atoms with van der Waals surface area (Å²) in [5.41, 5.74) is 3.76. The van der Waals surface area contributed by atoms with Crippen LogP contribution in [0.15, 0.2) is 30.3 Å². The average molecular weight is 287 g/mol. The van der Waals surface area contributed by atoms with Crippen LogP contribution in [0.4, 0.5) is 11.6 Å². The number of benzene rings is 1. The number of hydrogen-bond donors (Lipinski definition) is 2. The zero-order valence-corrected chi connectivity index (χ0v) is 12.6. The zero-order valence-electron chi connectivity index (χ0n) is 12.6. The fourth-order valence-electron chi connectivity index (χ4n) is 2.00. The van der Waals surface area contributed by atoms with Gasteiger partial charge in [-0.2, -0.15) is 0 Å². The summed E-state index contributed by atoms with van der Waals surface area (Å²) >= 11 is 0. The van der Waals surface area contributed by atoms with Gasteiger partial charge in [0.1, 0.15) is 23.2 Å². The number of nitrogens with one attached hydrogen (secondary N) is 1. The molecule has 2 rings (SSSR count). The molecular formula is C15H21N5O. The van der Waals surface area contributed by atoms with Gasteiger partial charge in [-0.3, -0.25) is 0 Å². The first kappa shape index (κ1) is 15.1. The van der Waals surface area contributed by atoms with Crippen LogP contribution in [0.2, 0.25) is 0 Å². The van der Waals surface area contributed by atoms with Gasteiger partial charge >= 0.3 is 0 Å². The Hall–Kier alpha value is -2.34. The third-order valence-corrected chi connectivity index (χ3v) is 3.19. The smallest absolute Gasteiger partial charge is 0.145 e. The Balaban J connectivity index is 2.16. The van der Waals surface area contributed by atoms with E-state index in [1.54, 1.807) is 7.11 Å². The van der Waals surface area contributed by atoms with Gasteiger partial charge in [-0.1, -0.05) is 19.1 Å². The number of nitrogens with two attached hydrogens (primary N) is 1. The van der Waals surface area contributed by atoms with Crippen LogP contribution in [0.1, 0.15) is 18.3 Å². The molecule has 6 heteroatoms. The van der Waals surface area contributed by atoms with Gasteiger partial charge in [0.25, 0.3) is 0 Å². The van der Waals surface area contributed by atoms with E-state index in [1.165, 1.54) is 5.56 Å². The fraction of sp³-hybridized carbons (Fsp3) is 0.333. The monoisotopic (exact) mass is 287 g/mol. The molecule has 0 saturated carbocycles. The second-order valence-corrected chi connectivity index (χ2v) is 4.73. The Bertz CT molecular complexity index is 563. The molecule has 2 aromatic rings. The van der Waals surface area contributed by atoms with Crippen LogP contribution in [-0.2, 0) is 13.0 Å². The first-order valence-corrected chi connectivity index (χ1v) is 6.85. The number of rotatable bonds is 6. The maximum absolute atomic E-state index is 5.45. The summed E-state index contributed by atoms with van der Waals surface area (Å²) in [7, 11) is 3.65. The van der Waals surface area contributed by atoms with Gasteiger partial charge < -0.3 is 15.1 Å². The maximum Gasteiger partial charge on any atom is 0.145 e. The van der Waals surface area contributed by atoms with E-state index in [1.807, 2.05) is 44.3 Å². The highest BCUT2D eigenvalue weighted by Crippen LogP contribution is 2.18. The third kappa shape index (κ3) is 3.82. The molecule has 21 heavy (non-hydrogen) atoms. The summed E-state index contributed by atoms with van der Waals surface area (Å²) < 4.78 is 5.16. The minimum absolute atomic E-state index is 0.624. The van der Waals surface area contributed by atoms with Crippen LogP contribution >= 0.6 is 0 Å². The predicted octanol–water partition coefficient (Wildman–Crippen LogP) is 1.97. The molecule has 0 saturated heterocycles. The standard InChI is InChI=1S/C15H21N5O/c1-4-13-17-14(19-16)9-15(18-13)20(2)10-11-5-7-12(21-3)8-6-11/h5-9H,4,10,16H2,1-3H3,(H,17,18,19). The lowest BCUT2D eigenvalue weighted by atomic mass is 10.2. The van der Waals surface area contributed by atoms with E-state index in [0.29, 0.717) is 5.82 Å². The first-order valence-electron chi connectivity index (χ1n) is 6.85. The van der Waals surface area contributed by atoms with Gasteiger partial charge in [0.05, 0.1) is 7.11 Å². The fourth-order valence-corrected chi connectivity index (χ4v) is 2.00. The van der Waals surface area contributed by atoms with E-state index >= 15 is 0 Å². The lowest BCUT2D eigenvalue weighted by Crippen LogP contribution is -2.20. The van der Waals surface area contributed by atoms with Crippen molar-refractivity contribution in [2.45, 2.75) is 19.9 Å². The maximum atomic E-state index is 5.45. The minimum atomic E-state index is 0.624. The van der Waals surface area contributed by atoms with Crippen LogP contribution in [0.5, 0.6) is 5.75 Å².